The second-order valence-corrected chi connectivity index (χ2v) is 8.03. The Morgan fingerprint density at radius 1 is 1.07 bits per heavy atom. The number of nitrogens with one attached hydrogen (secondary N) is 2. The first kappa shape index (κ1) is 19.8. The van der Waals surface area contributed by atoms with Gasteiger partial charge in [-0.05, 0) is 38.8 Å². The zero-order chi connectivity index (χ0) is 20.3. The van der Waals surface area contributed by atoms with Gasteiger partial charge in [-0.1, -0.05) is 59.8 Å². The van der Waals surface area contributed by atoms with E-state index in [4.69, 9.17) is 0 Å². The van der Waals surface area contributed by atoms with Crippen LogP contribution in [0.25, 0.3) is 11.3 Å². The molecule has 6 nitrogen and oxygen atoms in total. The topological polar surface area (TPSA) is 87.7 Å². The summed E-state index contributed by atoms with van der Waals surface area (Å²) in [6, 6.07) is 13.2. The molecule has 0 spiro atoms. The molecule has 0 aliphatic carbocycles. The molecule has 0 saturated heterocycles. The number of benzene rings is 2. The van der Waals surface area contributed by atoms with Crippen LogP contribution in [0, 0.1) is 20.8 Å². The predicted octanol–water partition coefficient (Wildman–Crippen LogP) is 3.88. The minimum Gasteiger partial charge on any atom is -0.325 e. The van der Waals surface area contributed by atoms with Crippen molar-refractivity contribution in [3.8, 4) is 11.3 Å². The van der Waals surface area contributed by atoms with Gasteiger partial charge < -0.3 is 5.32 Å². The molecule has 0 aliphatic rings. The van der Waals surface area contributed by atoms with Crippen molar-refractivity contribution in [1.82, 2.24) is 15.2 Å². The highest BCUT2D eigenvalue weighted by molar-refractivity contribution is 8.00. The minimum absolute atomic E-state index is 0.158. The number of carbonyl (C=O) groups is 1. The number of carbonyl (C=O) groups excluding carboxylic acids is 1. The molecule has 0 fully saturated rings. The van der Waals surface area contributed by atoms with Crippen LogP contribution in [0.2, 0.25) is 0 Å². The normalized spacial score (nSPS) is 11.9. The maximum Gasteiger partial charge on any atom is 0.278 e. The summed E-state index contributed by atoms with van der Waals surface area (Å²) >= 11 is 1.16. The van der Waals surface area contributed by atoms with Crippen LogP contribution >= 0.6 is 11.8 Å². The summed E-state index contributed by atoms with van der Waals surface area (Å²) in [5.74, 6) is -0.158. The van der Waals surface area contributed by atoms with Crippen LogP contribution in [-0.2, 0) is 4.79 Å². The minimum atomic E-state index is -0.451. The number of anilines is 1. The van der Waals surface area contributed by atoms with Crippen molar-refractivity contribution >= 4 is 23.4 Å². The van der Waals surface area contributed by atoms with E-state index in [2.05, 4.69) is 20.5 Å². The molecular formula is C21H22N4O2S. The lowest BCUT2D eigenvalue weighted by molar-refractivity contribution is -0.115. The summed E-state index contributed by atoms with van der Waals surface area (Å²) in [6.07, 6.45) is 0. The molecule has 7 heteroatoms. The molecule has 0 radical (unpaired) electrons. The Bertz CT molecular complexity index is 1040. The maximum absolute atomic E-state index is 12.6. The first-order chi connectivity index (χ1) is 13.3. The van der Waals surface area contributed by atoms with Gasteiger partial charge in [-0.3, -0.25) is 14.6 Å². The van der Waals surface area contributed by atoms with Gasteiger partial charge in [0.2, 0.25) is 5.91 Å². The van der Waals surface area contributed by atoms with E-state index in [1.807, 2.05) is 51.1 Å². The summed E-state index contributed by atoms with van der Waals surface area (Å²) < 4.78 is 0. The molecule has 1 atom stereocenters. The van der Waals surface area contributed by atoms with Crippen molar-refractivity contribution in [3.63, 3.8) is 0 Å². The number of thioether (sulfide) groups is 1. The van der Waals surface area contributed by atoms with Gasteiger partial charge in [0.15, 0.2) is 10.9 Å². The number of hydrogen-bond acceptors (Lipinski definition) is 5. The quantitative estimate of drug-likeness (QED) is 0.641. The van der Waals surface area contributed by atoms with Crippen molar-refractivity contribution in [2.45, 2.75) is 38.1 Å². The Morgan fingerprint density at radius 3 is 2.32 bits per heavy atom. The van der Waals surface area contributed by atoms with Crippen LogP contribution in [0.15, 0.2) is 52.4 Å². The Labute approximate surface area is 167 Å². The molecule has 3 aromatic rings. The van der Waals surface area contributed by atoms with E-state index in [9.17, 15) is 9.59 Å². The number of rotatable bonds is 5. The SMILES string of the molecule is Cc1cc(C)c(NC(=O)C(C)Sc2nnc(-c3ccccc3)c(=O)[nH]2)c(C)c1. The van der Waals surface area contributed by atoms with Gasteiger partial charge in [0.25, 0.3) is 5.56 Å². The lowest BCUT2D eigenvalue weighted by Gasteiger charge is -2.15. The smallest absolute Gasteiger partial charge is 0.278 e. The first-order valence-electron chi connectivity index (χ1n) is 8.93. The molecular weight excluding hydrogens is 372 g/mol. The number of nitrogens with zero attached hydrogens (tertiary/aromatic N) is 2. The van der Waals surface area contributed by atoms with Gasteiger partial charge in [0.1, 0.15) is 0 Å². The summed E-state index contributed by atoms with van der Waals surface area (Å²) in [4.78, 5) is 27.6. The van der Waals surface area contributed by atoms with Crippen molar-refractivity contribution < 1.29 is 4.79 Å². The van der Waals surface area contributed by atoms with Gasteiger partial charge in [-0.2, -0.15) is 0 Å². The summed E-state index contributed by atoms with van der Waals surface area (Å²) in [7, 11) is 0. The van der Waals surface area contributed by atoms with Crippen LogP contribution in [-0.4, -0.2) is 26.3 Å². The van der Waals surface area contributed by atoms with Gasteiger partial charge >= 0.3 is 0 Å². The maximum atomic E-state index is 12.6. The fourth-order valence-electron chi connectivity index (χ4n) is 2.98. The molecule has 0 aliphatic heterocycles. The number of amides is 1. The van der Waals surface area contributed by atoms with Crippen molar-refractivity contribution in [2.75, 3.05) is 5.32 Å². The van der Waals surface area contributed by atoms with E-state index >= 15 is 0 Å². The van der Waals surface area contributed by atoms with Gasteiger partial charge in [-0.15, -0.1) is 10.2 Å². The van der Waals surface area contributed by atoms with Gasteiger partial charge in [-0.25, -0.2) is 0 Å². The molecule has 28 heavy (non-hydrogen) atoms. The Balaban J connectivity index is 1.73. The summed E-state index contributed by atoms with van der Waals surface area (Å²) in [6.45, 7) is 7.74. The second-order valence-electron chi connectivity index (χ2n) is 6.70. The summed E-state index contributed by atoms with van der Waals surface area (Å²) in [5, 5.41) is 10.9. The number of aromatic nitrogens is 3. The highest BCUT2D eigenvalue weighted by atomic mass is 32.2. The van der Waals surface area contributed by atoms with E-state index in [1.165, 1.54) is 0 Å². The zero-order valence-electron chi connectivity index (χ0n) is 16.2. The number of H-pyrrole nitrogens is 1. The Morgan fingerprint density at radius 2 is 1.71 bits per heavy atom. The van der Waals surface area contributed by atoms with Crippen molar-refractivity contribution in [2.24, 2.45) is 0 Å². The van der Waals surface area contributed by atoms with Crippen molar-refractivity contribution in [3.05, 3.63) is 69.5 Å². The molecule has 144 valence electrons. The van der Waals surface area contributed by atoms with E-state index in [1.54, 1.807) is 19.1 Å². The lowest BCUT2D eigenvalue weighted by atomic mass is 10.1. The second kappa shape index (κ2) is 8.39. The number of aryl methyl sites for hydroxylation is 3. The van der Waals surface area contributed by atoms with Crippen LogP contribution in [0.5, 0.6) is 0 Å². The fourth-order valence-corrected chi connectivity index (χ4v) is 3.72. The average molecular weight is 395 g/mol. The van der Waals surface area contributed by atoms with Gasteiger partial charge in [0.05, 0.1) is 5.25 Å². The highest BCUT2D eigenvalue weighted by Gasteiger charge is 2.18. The molecule has 1 unspecified atom stereocenters. The molecule has 3 rings (SSSR count). The summed E-state index contributed by atoms with van der Waals surface area (Å²) in [5.41, 5.74) is 4.63. The number of hydrogen-bond donors (Lipinski definition) is 2. The Kier molecular flexibility index (Phi) is 5.94. The van der Waals surface area contributed by atoms with E-state index < -0.39 is 5.25 Å². The zero-order valence-corrected chi connectivity index (χ0v) is 17.1. The third kappa shape index (κ3) is 4.48. The third-order valence-corrected chi connectivity index (χ3v) is 5.28. The standard InChI is InChI=1S/C21H22N4O2S/c1-12-10-13(2)17(14(3)11-12)22-19(26)15(4)28-21-23-20(27)18(24-25-21)16-8-6-5-7-9-16/h5-11,15H,1-4H3,(H,22,26)(H,23,25,27). The monoisotopic (exact) mass is 394 g/mol. The molecule has 1 heterocycles. The molecule has 0 saturated carbocycles. The van der Waals surface area contributed by atoms with Crippen LogP contribution < -0.4 is 10.9 Å². The fraction of sp³-hybridized carbons (Fsp3) is 0.238. The van der Waals surface area contributed by atoms with Crippen LogP contribution in [0.1, 0.15) is 23.6 Å². The van der Waals surface area contributed by atoms with Crippen molar-refractivity contribution in [1.29, 1.82) is 0 Å². The van der Waals surface area contributed by atoms with E-state index in [-0.39, 0.29) is 17.2 Å². The largest absolute Gasteiger partial charge is 0.325 e. The molecule has 2 N–H and O–H groups in total. The number of aromatic amines is 1. The average Bonchev–Trinajstić information content (AvgIpc) is 2.65. The predicted molar refractivity (Wildman–Crippen MR) is 113 cm³/mol. The van der Waals surface area contributed by atoms with Crippen LogP contribution in [0.3, 0.4) is 0 Å². The third-order valence-electron chi connectivity index (χ3n) is 4.31. The molecule has 2 aromatic carbocycles. The highest BCUT2D eigenvalue weighted by Crippen LogP contribution is 2.25. The van der Waals surface area contributed by atoms with E-state index in [0.717, 1.165) is 34.1 Å². The van der Waals surface area contributed by atoms with E-state index in [0.29, 0.717) is 10.7 Å². The van der Waals surface area contributed by atoms with Crippen LogP contribution in [0.4, 0.5) is 5.69 Å². The first-order valence-corrected chi connectivity index (χ1v) is 9.81. The Hall–Kier alpha value is -2.93. The molecule has 0 bridgehead atoms. The molecule has 1 aromatic heterocycles. The molecule has 1 amide bonds. The van der Waals surface area contributed by atoms with Gasteiger partial charge in [0, 0.05) is 11.3 Å². The lowest BCUT2D eigenvalue weighted by Crippen LogP contribution is -2.24.